The summed E-state index contributed by atoms with van der Waals surface area (Å²) in [6, 6.07) is 2.89. The molecular weight excluding hydrogens is 297 g/mol. The number of halogens is 1. The smallest absolute Gasteiger partial charge is 0.338 e. The van der Waals surface area contributed by atoms with Gasteiger partial charge in [0.1, 0.15) is 5.82 Å². The molecule has 0 radical (unpaired) electrons. The van der Waals surface area contributed by atoms with Crippen LogP contribution in [0.5, 0.6) is 0 Å². The zero-order valence-electron chi connectivity index (χ0n) is 10.8. The lowest BCUT2D eigenvalue weighted by Crippen LogP contribution is -2.30. The number of urea groups is 1. The van der Waals surface area contributed by atoms with Crippen molar-refractivity contribution in [3.63, 3.8) is 0 Å². The molecule has 0 bridgehead atoms. The molecule has 6 nitrogen and oxygen atoms in total. The summed E-state index contributed by atoms with van der Waals surface area (Å²) < 4.78 is 13.4. The van der Waals surface area contributed by atoms with Crippen LogP contribution in [0.15, 0.2) is 29.1 Å². The van der Waals surface area contributed by atoms with Gasteiger partial charge in [-0.05, 0) is 18.2 Å². The summed E-state index contributed by atoms with van der Waals surface area (Å²) in [4.78, 5) is 26.3. The monoisotopic (exact) mass is 309 g/mol. The predicted molar refractivity (Wildman–Crippen MR) is 76.2 cm³/mol. The maximum absolute atomic E-state index is 13.4. The molecule has 0 saturated carbocycles. The van der Waals surface area contributed by atoms with Gasteiger partial charge in [0.15, 0.2) is 0 Å². The molecule has 8 heteroatoms. The number of hydrogen-bond acceptors (Lipinski definition) is 4. The van der Waals surface area contributed by atoms with E-state index in [0.717, 1.165) is 17.8 Å². The van der Waals surface area contributed by atoms with E-state index >= 15 is 0 Å². The molecule has 1 aromatic heterocycles. The van der Waals surface area contributed by atoms with Crippen LogP contribution < -0.4 is 10.6 Å². The molecule has 2 amide bonds. The van der Waals surface area contributed by atoms with Crippen molar-refractivity contribution in [1.82, 2.24) is 10.3 Å². The van der Waals surface area contributed by atoms with Gasteiger partial charge in [0.05, 0.1) is 16.8 Å². The van der Waals surface area contributed by atoms with E-state index in [-0.39, 0.29) is 5.69 Å². The maximum Gasteiger partial charge on any atom is 0.338 e. The summed E-state index contributed by atoms with van der Waals surface area (Å²) in [5.74, 6) is -2.26. The molecule has 2 rings (SSSR count). The first-order valence-corrected chi connectivity index (χ1v) is 6.95. The Morgan fingerprint density at radius 1 is 1.38 bits per heavy atom. The zero-order chi connectivity index (χ0) is 15.2. The van der Waals surface area contributed by atoms with Gasteiger partial charge in [0.25, 0.3) is 0 Å². The van der Waals surface area contributed by atoms with Crippen molar-refractivity contribution in [1.29, 1.82) is 0 Å². The molecule has 21 heavy (non-hydrogen) atoms. The van der Waals surface area contributed by atoms with Gasteiger partial charge in [-0.25, -0.2) is 19.0 Å². The Morgan fingerprint density at radius 2 is 2.19 bits per heavy atom. The zero-order valence-corrected chi connectivity index (χ0v) is 11.6. The molecule has 0 atom stereocenters. The minimum atomic E-state index is -1.35. The number of nitrogens with one attached hydrogen (secondary N) is 2. The van der Waals surface area contributed by atoms with Crippen molar-refractivity contribution in [2.24, 2.45) is 0 Å². The highest BCUT2D eigenvalue weighted by molar-refractivity contribution is 7.07. The Hall–Kier alpha value is -2.48. The van der Waals surface area contributed by atoms with Gasteiger partial charge in [0.2, 0.25) is 0 Å². The fourth-order valence-corrected chi connectivity index (χ4v) is 2.20. The van der Waals surface area contributed by atoms with Gasteiger partial charge < -0.3 is 15.7 Å². The summed E-state index contributed by atoms with van der Waals surface area (Å²) in [5, 5.41) is 15.6. The van der Waals surface area contributed by atoms with Gasteiger partial charge in [-0.2, -0.15) is 0 Å². The lowest BCUT2D eigenvalue weighted by atomic mass is 10.2. The number of carboxylic acid groups (broad SMARTS) is 1. The molecule has 0 spiro atoms. The number of aromatic nitrogens is 1. The van der Waals surface area contributed by atoms with E-state index in [9.17, 15) is 14.0 Å². The van der Waals surface area contributed by atoms with Crippen LogP contribution in [0.25, 0.3) is 0 Å². The Kier molecular flexibility index (Phi) is 4.83. The number of nitrogens with zero attached hydrogens (tertiary/aromatic N) is 1. The molecule has 0 aliphatic heterocycles. The van der Waals surface area contributed by atoms with Crippen LogP contribution in [0, 0.1) is 5.82 Å². The number of carbonyl (C=O) groups is 2. The fraction of sp³-hybridized carbons (Fsp3) is 0.154. The Bertz CT molecular complexity index is 646. The van der Waals surface area contributed by atoms with Crippen molar-refractivity contribution in [3.05, 3.63) is 46.2 Å². The van der Waals surface area contributed by atoms with E-state index in [1.807, 2.05) is 5.38 Å². The Balaban J connectivity index is 1.85. The minimum absolute atomic E-state index is 0.184. The standard InChI is InChI=1S/C13H12FN3O3S/c14-11-5-8(1-2-10(11)12(18)19)17-13(20)15-4-3-9-6-21-7-16-9/h1-2,5-7H,3-4H2,(H,18,19)(H2,15,17,20). The van der Waals surface area contributed by atoms with Crippen LogP contribution in [0.4, 0.5) is 14.9 Å². The predicted octanol–water partition coefficient (Wildman–Crippen LogP) is 2.34. The molecule has 110 valence electrons. The SMILES string of the molecule is O=C(NCCc1cscn1)Nc1ccc(C(=O)O)c(F)c1. The normalized spacial score (nSPS) is 10.1. The largest absolute Gasteiger partial charge is 0.478 e. The molecule has 1 aromatic carbocycles. The molecule has 0 aliphatic carbocycles. The van der Waals surface area contributed by atoms with Crippen LogP contribution in [0.2, 0.25) is 0 Å². The molecule has 0 saturated heterocycles. The number of carboxylic acids is 1. The summed E-state index contributed by atoms with van der Waals surface area (Å²) >= 11 is 1.48. The lowest BCUT2D eigenvalue weighted by molar-refractivity contribution is 0.0692. The number of hydrogen-bond donors (Lipinski definition) is 3. The number of aromatic carboxylic acids is 1. The van der Waals surface area contributed by atoms with Crippen LogP contribution >= 0.6 is 11.3 Å². The van der Waals surface area contributed by atoms with Crippen LogP contribution in [0.1, 0.15) is 16.1 Å². The second kappa shape index (κ2) is 6.80. The number of thiazole rings is 1. The van der Waals surface area contributed by atoms with Crippen molar-refractivity contribution in [2.75, 3.05) is 11.9 Å². The second-order valence-electron chi connectivity index (χ2n) is 4.11. The molecule has 0 aliphatic rings. The highest BCUT2D eigenvalue weighted by Gasteiger charge is 2.11. The number of anilines is 1. The van der Waals surface area contributed by atoms with E-state index in [2.05, 4.69) is 15.6 Å². The number of carbonyl (C=O) groups excluding carboxylic acids is 1. The molecule has 3 N–H and O–H groups in total. The van der Waals surface area contributed by atoms with Gasteiger partial charge >= 0.3 is 12.0 Å². The molecule has 1 heterocycles. The van der Waals surface area contributed by atoms with Crippen molar-refractivity contribution < 1.29 is 19.1 Å². The molecular formula is C13H12FN3O3S. The van der Waals surface area contributed by atoms with Gasteiger partial charge in [-0.1, -0.05) is 0 Å². The molecule has 0 fully saturated rings. The first-order valence-electron chi connectivity index (χ1n) is 6.01. The molecule has 0 unspecified atom stereocenters. The van der Waals surface area contributed by atoms with E-state index in [4.69, 9.17) is 5.11 Å². The van der Waals surface area contributed by atoms with E-state index in [0.29, 0.717) is 13.0 Å². The van der Waals surface area contributed by atoms with Gasteiger partial charge in [0, 0.05) is 24.0 Å². The van der Waals surface area contributed by atoms with E-state index in [1.54, 1.807) is 5.51 Å². The first kappa shape index (κ1) is 14.9. The summed E-state index contributed by atoms with van der Waals surface area (Å²) in [5.41, 5.74) is 2.34. The van der Waals surface area contributed by atoms with Crippen LogP contribution in [-0.4, -0.2) is 28.6 Å². The average molecular weight is 309 g/mol. The number of amides is 2. The fourth-order valence-electron chi connectivity index (χ4n) is 1.61. The van der Waals surface area contributed by atoms with Crippen molar-refractivity contribution in [2.45, 2.75) is 6.42 Å². The van der Waals surface area contributed by atoms with Gasteiger partial charge in [-0.3, -0.25) is 0 Å². The van der Waals surface area contributed by atoms with Gasteiger partial charge in [-0.15, -0.1) is 11.3 Å². The summed E-state index contributed by atoms with van der Waals surface area (Å²) in [7, 11) is 0. The second-order valence-corrected chi connectivity index (χ2v) is 4.83. The average Bonchev–Trinajstić information content (AvgIpc) is 2.91. The number of rotatable bonds is 5. The van der Waals surface area contributed by atoms with Crippen LogP contribution in [-0.2, 0) is 6.42 Å². The quantitative estimate of drug-likeness (QED) is 0.790. The number of benzene rings is 1. The maximum atomic E-state index is 13.4. The highest BCUT2D eigenvalue weighted by atomic mass is 32.1. The first-order chi connectivity index (χ1) is 10.1. The van der Waals surface area contributed by atoms with Crippen molar-refractivity contribution in [3.8, 4) is 0 Å². The highest BCUT2D eigenvalue weighted by Crippen LogP contribution is 2.14. The Labute approximate surface area is 123 Å². The lowest BCUT2D eigenvalue weighted by Gasteiger charge is -2.07. The third-order valence-electron chi connectivity index (χ3n) is 2.61. The van der Waals surface area contributed by atoms with E-state index in [1.165, 1.54) is 17.4 Å². The third-order valence-corrected chi connectivity index (χ3v) is 3.24. The topological polar surface area (TPSA) is 91.3 Å². The summed E-state index contributed by atoms with van der Waals surface area (Å²) in [6.07, 6.45) is 0.600. The van der Waals surface area contributed by atoms with Crippen molar-refractivity contribution >= 4 is 29.0 Å². The Morgan fingerprint density at radius 3 is 2.81 bits per heavy atom. The summed E-state index contributed by atoms with van der Waals surface area (Å²) in [6.45, 7) is 0.394. The third kappa shape index (κ3) is 4.25. The molecule has 2 aromatic rings. The van der Waals surface area contributed by atoms with E-state index < -0.39 is 23.4 Å². The minimum Gasteiger partial charge on any atom is -0.478 e. The van der Waals surface area contributed by atoms with Crippen LogP contribution in [0.3, 0.4) is 0 Å².